The lowest BCUT2D eigenvalue weighted by atomic mass is 10.3. The number of nitro benzene ring substituents is 1. The number of aromatic nitrogens is 1. The van der Waals surface area contributed by atoms with Crippen molar-refractivity contribution in [3.05, 3.63) is 40.6 Å². The summed E-state index contributed by atoms with van der Waals surface area (Å²) < 4.78 is 30.4. The van der Waals surface area contributed by atoms with E-state index in [0.717, 1.165) is 18.2 Å². The lowest BCUT2D eigenvalue weighted by Gasteiger charge is -2.05. The molecule has 3 N–H and O–H groups in total. The normalized spacial score (nSPS) is 11.2. The van der Waals surface area contributed by atoms with Gasteiger partial charge in [0.05, 0.1) is 9.82 Å². The molecule has 0 aliphatic carbocycles. The Hall–Kier alpha value is -2.62. The summed E-state index contributed by atoms with van der Waals surface area (Å²) in [6.07, 6.45) is 1.18. The van der Waals surface area contributed by atoms with Crippen molar-refractivity contribution in [2.24, 2.45) is 0 Å². The summed E-state index contributed by atoms with van der Waals surface area (Å²) in [4.78, 5) is 9.65. The Morgan fingerprint density at radius 2 is 2.11 bits per heavy atom. The number of hydrogen-bond donors (Lipinski definition) is 2. The number of anilines is 2. The van der Waals surface area contributed by atoms with E-state index >= 15 is 0 Å². The Kier molecular flexibility index (Phi) is 3.09. The van der Waals surface area contributed by atoms with Crippen molar-refractivity contribution < 1.29 is 17.9 Å². The van der Waals surface area contributed by atoms with Crippen molar-refractivity contribution in [1.29, 1.82) is 0 Å². The largest absolute Gasteiger partial charge is 0.393 e. The minimum Gasteiger partial charge on any atom is -0.393 e. The van der Waals surface area contributed by atoms with Crippen LogP contribution in [0.1, 0.15) is 0 Å². The quantitative estimate of drug-likeness (QED) is 0.483. The van der Waals surface area contributed by atoms with Crippen molar-refractivity contribution in [3.8, 4) is 0 Å². The third-order valence-electron chi connectivity index (χ3n) is 2.19. The second kappa shape index (κ2) is 4.57. The van der Waals surface area contributed by atoms with Crippen LogP contribution in [0.3, 0.4) is 0 Å². The summed E-state index contributed by atoms with van der Waals surface area (Å²) in [5, 5.41) is 14.1. The molecule has 19 heavy (non-hydrogen) atoms. The summed E-state index contributed by atoms with van der Waals surface area (Å²) in [5.74, 6) is -0.0283. The van der Waals surface area contributed by atoms with Crippen LogP contribution < -0.4 is 10.5 Å². The smallest absolute Gasteiger partial charge is 0.293 e. The van der Waals surface area contributed by atoms with Crippen LogP contribution >= 0.6 is 0 Å². The molecule has 0 bridgehead atoms. The molecule has 100 valence electrons. The van der Waals surface area contributed by atoms with Gasteiger partial charge in [-0.05, 0) is 12.1 Å². The first-order chi connectivity index (χ1) is 8.90. The van der Waals surface area contributed by atoms with Crippen LogP contribution in [-0.2, 0) is 10.0 Å². The highest BCUT2D eigenvalue weighted by Gasteiger charge is 2.21. The topological polar surface area (TPSA) is 141 Å². The van der Waals surface area contributed by atoms with E-state index in [-0.39, 0.29) is 16.4 Å². The lowest BCUT2D eigenvalue weighted by Crippen LogP contribution is -2.13. The summed E-state index contributed by atoms with van der Waals surface area (Å²) in [7, 11) is -3.99. The fourth-order valence-electron chi connectivity index (χ4n) is 1.31. The van der Waals surface area contributed by atoms with Crippen molar-refractivity contribution in [1.82, 2.24) is 5.16 Å². The average Bonchev–Trinajstić information content (AvgIpc) is 2.80. The Labute approximate surface area is 107 Å². The summed E-state index contributed by atoms with van der Waals surface area (Å²) in [5.41, 5.74) is 4.78. The van der Waals surface area contributed by atoms with Crippen LogP contribution in [0.5, 0.6) is 0 Å². The molecule has 2 aromatic rings. The molecule has 2 rings (SSSR count). The van der Waals surface area contributed by atoms with Gasteiger partial charge >= 0.3 is 0 Å². The van der Waals surface area contributed by atoms with Gasteiger partial charge in [0.15, 0.2) is 5.82 Å². The molecule has 0 atom stereocenters. The molecule has 0 saturated heterocycles. The lowest BCUT2D eigenvalue weighted by molar-refractivity contribution is -0.384. The number of sulfonamides is 1. The summed E-state index contributed by atoms with van der Waals surface area (Å²) in [6, 6.07) is 4.47. The van der Waals surface area contributed by atoms with E-state index in [1.165, 1.54) is 12.3 Å². The zero-order valence-corrected chi connectivity index (χ0v) is 10.1. The second-order valence-corrected chi connectivity index (χ2v) is 5.15. The van der Waals surface area contributed by atoms with E-state index in [2.05, 4.69) is 14.4 Å². The van der Waals surface area contributed by atoms with Crippen molar-refractivity contribution >= 4 is 27.2 Å². The van der Waals surface area contributed by atoms with Crippen LogP contribution in [0.25, 0.3) is 0 Å². The first kappa shape index (κ1) is 12.8. The first-order valence-electron chi connectivity index (χ1n) is 4.87. The van der Waals surface area contributed by atoms with E-state index in [4.69, 9.17) is 5.73 Å². The number of nitrogens with two attached hydrogens (primary N) is 1. The highest BCUT2D eigenvalue weighted by atomic mass is 32.2. The van der Waals surface area contributed by atoms with Gasteiger partial charge in [-0.1, -0.05) is 5.16 Å². The van der Waals surface area contributed by atoms with Gasteiger partial charge in [0, 0.05) is 12.1 Å². The van der Waals surface area contributed by atoms with Gasteiger partial charge in [0.2, 0.25) is 0 Å². The van der Waals surface area contributed by atoms with Crippen LogP contribution in [0.4, 0.5) is 17.2 Å². The van der Waals surface area contributed by atoms with Gasteiger partial charge in [0.25, 0.3) is 15.7 Å². The fourth-order valence-corrected chi connectivity index (χ4v) is 2.32. The first-order valence-corrected chi connectivity index (χ1v) is 6.35. The number of nitrogen functional groups attached to an aromatic ring is 1. The molecule has 1 aromatic heterocycles. The molecule has 9 nitrogen and oxygen atoms in total. The number of nitrogens with one attached hydrogen (secondary N) is 1. The van der Waals surface area contributed by atoms with E-state index < -0.39 is 20.6 Å². The van der Waals surface area contributed by atoms with E-state index in [1.54, 1.807) is 0 Å². The standard InChI is InChI=1S/C9H8N4O5S/c10-7-2-1-6(5-8(7)13(14)15)19(16,17)12-9-3-4-18-11-9/h1-5H,10H2,(H,11,12). The third kappa shape index (κ3) is 2.63. The molecule has 1 aromatic carbocycles. The minimum absolute atomic E-state index is 0.0283. The Morgan fingerprint density at radius 1 is 1.37 bits per heavy atom. The van der Waals surface area contributed by atoms with Crippen molar-refractivity contribution in [3.63, 3.8) is 0 Å². The predicted octanol–water partition coefficient (Wildman–Crippen LogP) is 0.966. The van der Waals surface area contributed by atoms with Crippen molar-refractivity contribution in [2.45, 2.75) is 4.90 Å². The van der Waals surface area contributed by atoms with Gasteiger partial charge in [-0.25, -0.2) is 8.42 Å². The number of nitrogens with zero attached hydrogens (tertiary/aromatic N) is 2. The molecule has 0 radical (unpaired) electrons. The highest BCUT2D eigenvalue weighted by molar-refractivity contribution is 7.92. The molecule has 10 heteroatoms. The second-order valence-electron chi connectivity index (χ2n) is 3.47. The fraction of sp³-hybridized carbons (Fsp3) is 0. The molecule has 0 fully saturated rings. The van der Waals surface area contributed by atoms with Crippen LogP contribution in [0.15, 0.2) is 39.9 Å². The third-order valence-corrected chi connectivity index (χ3v) is 3.54. The van der Waals surface area contributed by atoms with E-state index in [0.29, 0.717) is 0 Å². The van der Waals surface area contributed by atoms with Gasteiger partial charge in [-0.3, -0.25) is 14.8 Å². The maximum absolute atomic E-state index is 11.9. The number of nitro groups is 1. The van der Waals surface area contributed by atoms with Gasteiger partial charge in [-0.15, -0.1) is 0 Å². The molecule has 0 aliphatic heterocycles. The molecular weight excluding hydrogens is 276 g/mol. The molecule has 0 spiro atoms. The molecule has 0 aliphatic rings. The zero-order chi connectivity index (χ0) is 14.0. The summed E-state index contributed by atoms with van der Waals surface area (Å²) in [6.45, 7) is 0. The van der Waals surface area contributed by atoms with E-state index in [1.807, 2.05) is 0 Å². The number of rotatable bonds is 4. The Bertz CT molecular complexity index is 710. The van der Waals surface area contributed by atoms with Crippen LogP contribution in [0.2, 0.25) is 0 Å². The minimum atomic E-state index is -3.99. The maximum Gasteiger partial charge on any atom is 0.293 e. The van der Waals surface area contributed by atoms with Gasteiger partial charge in [0.1, 0.15) is 12.0 Å². The van der Waals surface area contributed by atoms with Crippen LogP contribution in [0, 0.1) is 10.1 Å². The molecule has 1 heterocycles. The average molecular weight is 284 g/mol. The SMILES string of the molecule is Nc1ccc(S(=O)(=O)Nc2ccon2)cc1[N+](=O)[O-]. The zero-order valence-electron chi connectivity index (χ0n) is 9.31. The maximum atomic E-state index is 11.9. The molecule has 0 unspecified atom stereocenters. The van der Waals surface area contributed by atoms with Gasteiger partial charge in [-0.2, -0.15) is 0 Å². The predicted molar refractivity (Wildman–Crippen MR) is 64.8 cm³/mol. The summed E-state index contributed by atoms with van der Waals surface area (Å²) >= 11 is 0. The highest BCUT2D eigenvalue weighted by Crippen LogP contribution is 2.25. The molecule has 0 saturated carbocycles. The van der Waals surface area contributed by atoms with Crippen molar-refractivity contribution in [2.75, 3.05) is 10.5 Å². The van der Waals surface area contributed by atoms with Crippen LogP contribution in [-0.4, -0.2) is 18.5 Å². The Balaban J connectivity index is 2.41. The number of benzene rings is 1. The number of hydrogen-bond acceptors (Lipinski definition) is 7. The van der Waals surface area contributed by atoms with E-state index in [9.17, 15) is 18.5 Å². The monoisotopic (exact) mass is 284 g/mol. The molecular formula is C9H8N4O5S. The van der Waals surface area contributed by atoms with Gasteiger partial charge < -0.3 is 10.3 Å². The molecule has 0 amide bonds. The Morgan fingerprint density at radius 3 is 2.68 bits per heavy atom.